The normalized spacial score (nSPS) is 14.3. The summed E-state index contributed by atoms with van der Waals surface area (Å²) in [4.78, 5) is 28.5. The van der Waals surface area contributed by atoms with Crippen LogP contribution in [-0.4, -0.2) is 48.7 Å². The van der Waals surface area contributed by atoms with E-state index < -0.39 is 11.9 Å². The Bertz CT molecular complexity index is 1390. The van der Waals surface area contributed by atoms with Crippen LogP contribution in [0.3, 0.4) is 0 Å². The molecule has 39 heavy (non-hydrogen) atoms. The number of aryl methyl sites for hydroxylation is 1. The lowest BCUT2D eigenvalue weighted by molar-refractivity contribution is -0.139. The number of carbonyl (C=O) groups excluding carboxylic acids is 2. The molecule has 1 aliphatic rings. The number of hydrogen-bond donors (Lipinski definition) is 1. The molecule has 9 nitrogen and oxygen atoms in total. The minimum Gasteiger partial charge on any atom is -0.463 e. The van der Waals surface area contributed by atoms with Gasteiger partial charge in [-0.3, -0.25) is 4.79 Å². The van der Waals surface area contributed by atoms with Crippen molar-refractivity contribution in [2.75, 3.05) is 26.5 Å². The average molecular weight is 568 g/mol. The van der Waals surface area contributed by atoms with Crippen LogP contribution in [0, 0.1) is 43.4 Å². The molecule has 2 N–H and O–H groups in total. The lowest BCUT2D eigenvalue weighted by Crippen LogP contribution is -2.27. The maximum absolute atomic E-state index is 13.1. The van der Waals surface area contributed by atoms with Crippen LogP contribution < -0.4 is 5.73 Å². The fourth-order valence-corrected chi connectivity index (χ4v) is 4.78. The number of hydrogen-bond acceptors (Lipinski definition) is 9. The number of aromatic nitrogens is 1. The van der Waals surface area contributed by atoms with Gasteiger partial charge in [0.2, 0.25) is 12.3 Å². The molecule has 1 aromatic heterocycles. The molecule has 3 rings (SSSR count). The first kappa shape index (κ1) is 31.2. The summed E-state index contributed by atoms with van der Waals surface area (Å²) in [5, 5.41) is 20.5. The minimum atomic E-state index is -0.782. The number of esters is 1. The molecule has 1 atom stereocenters. The number of allylic oxidation sites excluding steroid dienone is 1. The van der Waals surface area contributed by atoms with Crippen molar-refractivity contribution < 1.29 is 19.1 Å². The summed E-state index contributed by atoms with van der Waals surface area (Å²) in [6.07, 6.45) is 0.750. The number of benzene rings is 1. The molecule has 0 radical (unpaired) electrons. The third kappa shape index (κ3) is 7.53. The first-order chi connectivity index (χ1) is 18.5. The Morgan fingerprint density at radius 1 is 1.21 bits per heavy atom. The second kappa shape index (κ2) is 14.2. The predicted octanol–water partition coefficient (Wildman–Crippen LogP) is 4.65. The van der Waals surface area contributed by atoms with Gasteiger partial charge in [0, 0.05) is 24.8 Å². The smallest absolute Gasteiger partial charge is 0.338 e. The van der Waals surface area contributed by atoms with Gasteiger partial charge in [-0.1, -0.05) is 35.5 Å². The summed E-state index contributed by atoms with van der Waals surface area (Å²) in [5.74, 6) is -1.07. The minimum absolute atomic E-state index is 0.0872. The Morgan fingerprint density at radius 3 is 2.33 bits per heavy atom. The van der Waals surface area contributed by atoms with E-state index in [1.165, 1.54) is 16.7 Å². The molecule has 0 saturated carbocycles. The van der Waals surface area contributed by atoms with Crippen molar-refractivity contribution in [1.29, 1.82) is 10.5 Å². The van der Waals surface area contributed by atoms with Crippen LogP contribution >= 0.6 is 23.4 Å². The summed E-state index contributed by atoms with van der Waals surface area (Å²) in [5.41, 5.74) is 10.1. The van der Waals surface area contributed by atoms with Crippen LogP contribution in [0.1, 0.15) is 40.8 Å². The van der Waals surface area contributed by atoms with Crippen molar-refractivity contribution in [3.05, 3.63) is 80.0 Å². The summed E-state index contributed by atoms with van der Waals surface area (Å²) in [7, 11) is 3.38. The molecule has 2 aromatic rings. The number of nitrogens with zero attached hydrogens (tertiary/aromatic N) is 4. The van der Waals surface area contributed by atoms with Crippen molar-refractivity contribution in [1.82, 2.24) is 9.88 Å². The topological polar surface area (TPSA) is 142 Å². The summed E-state index contributed by atoms with van der Waals surface area (Å²) in [6, 6.07) is 11.1. The van der Waals surface area contributed by atoms with Crippen molar-refractivity contribution in [3.63, 3.8) is 0 Å². The standard InChI is InChI=1S/C25H23ClN4O3S.C3H7NO/c1-5-32-25(31)22-20(12-34-24-18(10-27)14(3)13(2)15(4)30-24)33-23(29)19(11-28)21(22)16-6-8-17(26)9-7-16;1-4(2)3-5/h6-9,21H,5,12,29H2,1-4H3;3H,1-2H3. The molecule has 0 aliphatic carbocycles. The van der Waals surface area contributed by atoms with Crippen molar-refractivity contribution in [3.8, 4) is 12.1 Å². The first-order valence-electron chi connectivity index (χ1n) is 11.9. The van der Waals surface area contributed by atoms with Gasteiger partial charge in [0.1, 0.15) is 28.5 Å². The van der Waals surface area contributed by atoms with Gasteiger partial charge < -0.3 is 20.1 Å². The average Bonchev–Trinajstić information content (AvgIpc) is 2.91. The molecule has 1 aromatic carbocycles. The molecule has 0 bridgehead atoms. The quantitative estimate of drug-likeness (QED) is 0.287. The van der Waals surface area contributed by atoms with E-state index in [0.29, 0.717) is 21.2 Å². The predicted molar refractivity (Wildman–Crippen MR) is 149 cm³/mol. The van der Waals surface area contributed by atoms with Crippen LogP contribution in [0.5, 0.6) is 0 Å². The lowest BCUT2D eigenvalue weighted by Gasteiger charge is -2.28. The molecule has 2 heterocycles. The lowest BCUT2D eigenvalue weighted by atomic mass is 9.83. The molecule has 0 fully saturated rings. The highest BCUT2D eigenvalue weighted by Gasteiger charge is 2.37. The Labute approximate surface area is 237 Å². The number of pyridine rings is 1. The van der Waals surface area contributed by atoms with E-state index in [2.05, 4.69) is 17.1 Å². The zero-order valence-corrected chi connectivity index (χ0v) is 24.2. The summed E-state index contributed by atoms with van der Waals surface area (Å²) < 4.78 is 11.1. The van der Waals surface area contributed by atoms with Crippen LogP contribution in [0.15, 0.2) is 52.1 Å². The zero-order valence-electron chi connectivity index (χ0n) is 22.7. The molecule has 1 aliphatic heterocycles. The largest absolute Gasteiger partial charge is 0.463 e. The Kier molecular flexibility index (Phi) is 11.4. The van der Waals surface area contributed by atoms with Gasteiger partial charge in [-0.25, -0.2) is 9.78 Å². The van der Waals surface area contributed by atoms with Gasteiger partial charge in [-0.15, -0.1) is 0 Å². The van der Waals surface area contributed by atoms with Crippen LogP contribution in [0.4, 0.5) is 0 Å². The van der Waals surface area contributed by atoms with Crippen molar-refractivity contribution >= 4 is 35.7 Å². The summed E-state index contributed by atoms with van der Waals surface area (Å²) in [6.45, 7) is 7.52. The Morgan fingerprint density at radius 2 is 1.82 bits per heavy atom. The number of nitriles is 2. The molecule has 1 amide bonds. The molecule has 0 saturated heterocycles. The molecule has 0 spiro atoms. The monoisotopic (exact) mass is 567 g/mol. The van der Waals surface area contributed by atoms with Gasteiger partial charge >= 0.3 is 5.97 Å². The van der Waals surface area contributed by atoms with Crippen molar-refractivity contribution in [2.45, 2.75) is 38.6 Å². The van der Waals surface area contributed by atoms with Crippen LogP contribution in [-0.2, 0) is 19.1 Å². The first-order valence-corrected chi connectivity index (χ1v) is 13.2. The van der Waals surface area contributed by atoms with E-state index in [0.717, 1.165) is 23.2 Å². The van der Waals surface area contributed by atoms with Gasteiger partial charge in [-0.2, -0.15) is 10.5 Å². The number of thioether (sulfide) groups is 1. The fourth-order valence-electron chi connectivity index (χ4n) is 3.63. The number of amides is 1. The summed E-state index contributed by atoms with van der Waals surface area (Å²) >= 11 is 7.30. The van der Waals surface area contributed by atoms with Gasteiger partial charge in [0.25, 0.3) is 0 Å². The van der Waals surface area contributed by atoms with E-state index in [1.807, 2.05) is 20.8 Å². The zero-order chi connectivity index (χ0) is 29.3. The van der Waals surface area contributed by atoms with E-state index in [9.17, 15) is 20.1 Å². The number of nitrogens with two attached hydrogens (primary N) is 1. The number of carbonyl (C=O) groups is 2. The SMILES string of the molecule is CCOC(=O)C1=C(CSc2nc(C)c(C)c(C)c2C#N)OC(N)=C(C#N)C1c1ccc(Cl)cc1.CN(C)C=O. The van der Waals surface area contributed by atoms with Gasteiger partial charge in [-0.05, 0) is 56.5 Å². The Balaban J connectivity index is 0.000000976. The number of halogens is 1. The highest BCUT2D eigenvalue weighted by atomic mass is 35.5. The van der Waals surface area contributed by atoms with Crippen LogP contribution in [0.2, 0.25) is 5.02 Å². The number of rotatable bonds is 7. The second-order valence-corrected chi connectivity index (χ2v) is 10.0. The highest BCUT2D eigenvalue weighted by molar-refractivity contribution is 7.99. The maximum atomic E-state index is 13.1. The van der Waals surface area contributed by atoms with E-state index in [1.54, 1.807) is 45.3 Å². The van der Waals surface area contributed by atoms with Crippen molar-refractivity contribution in [2.24, 2.45) is 5.73 Å². The Hall–Kier alpha value is -3.99. The van der Waals surface area contributed by atoms with E-state index in [-0.39, 0.29) is 35.1 Å². The fraction of sp³-hybridized carbons (Fsp3) is 0.321. The third-order valence-electron chi connectivity index (χ3n) is 5.82. The van der Waals surface area contributed by atoms with E-state index in [4.69, 9.17) is 26.8 Å². The second-order valence-electron chi connectivity index (χ2n) is 8.63. The molecule has 11 heteroatoms. The van der Waals surface area contributed by atoms with Gasteiger partial charge in [0.05, 0.1) is 29.4 Å². The van der Waals surface area contributed by atoms with Gasteiger partial charge in [0.15, 0.2) is 0 Å². The molecular formula is C28H30ClN5O4S. The highest BCUT2D eigenvalue weighted by Crippen LogP contribution is 2.41. The van der Waals surface area contributed by atoms with E-state index >= 15 is 0 Å². The third-order valence-corrected chi connectivity index (χ3v) is 7.05. The molecule has 204 valence electrons. The number of ether oxygens (including phenoxy) is 2. The van der Waals surface area contributed by atoms with Crippen LogP contribution in [0.25, 0.3) is 0 Å². The molecule has 1 unspecified atom stereocenters. The maximum Gasteiger partial charge on any atom is 0.338 e. The molecular weight excluding hydrogens is 538 g/mol.